The number of hydrogen-bond donors (Lipinski definition) is 1. The molecule has 1 aromatic rings. The Morgan fingerprint density at radius 1 is 1.29 bits per heavy atom. The standard InChI is InChI=1S/C14H20O3/c1-3-4-5-6-9-17-12-7-8-13(14(15)16)11(2)10-12/h7-8,10H,3-6,9H2,1-2H3,(H,15,16). The van der Waals surface area contributed by atoms with Crippen LogP contribution in [0.5, 0.6) is 5.75 Å². The number of carboxylic acid groups (broad SMARTS) is 1. The molecule has 1 aromatic carbocycles. The van der Waals surface area contributed by atoms with Crippen LogP contribution in [-0.2, 0) is 0 Å². The number of rotatable bonds is 7. The predicted molar refractivity (Wildman–Crippen MR) is 67.8 cm³/mol. The molecule has 0 unspecified atom stereocenters. The van der Waals surface area contributed by atoms with Crippen LogP contribution in [0.25, 0.3) is 0 Å². The fraction of sp³-hybridized carbons (Fsp3) is 0.500. The van der Waals surface area contributed by atoms with Gasteiger partial charge in [0.1, 0.15) is 5.75 Å². The Kier molecular flexibility index (Phi) is 5.53. The monoisotopic (exact) mass is 236 g/mol. The molecule has 0 aromatic heterocycles. The van der Waals surface area contributed by atoms with Gasteiger partial charge in [-0.2, -0.15) is 0 Å². The summed E-state index contributed by atoms with van der Waals surface area (Å²) in [5.74, 6) is -0.138. The molecule has 0 radical (unpaired) electrons. The number of hydrogen-bond acceptors (Lipinski definition) is 2. The third-order valence-corrected chi connectivity index (χ3v) is 2.69. The Balaban J connectivity index is 2.45. The van der Waals surface area contributed by atoms with Gasteiger partial charge >= 0.3 is 5.97 Å². The zero-order chi connectivity index (χ0) is 12.7. The average Bonchev–Trinajstić information content (AvgIpc) is 2.28. The van der Waals surface area contributed by atoms with Crippen molar-refractivity contribution in [3.8, 4) is 5.75 Å². The summed E-state index contributed by atoms with van der Waals surface area (Å²) in [7, 11) is 0. The van der Waals surface area contributed by atoms with E-state index in [1.807, 2.05) is 0 Å². The van der Waals surface area contributed by atoms with Gasteiger partial charge in [-0.05, 0) is 37.1 Å². The largest absolute Gasteiger partial charge is 0.494 e. The lowest BCUT2D eigenvalue weighted by atomic mass is 10.1. The van der Waals surface area contributed by atoms with E-state index in [0.717, 1.165) is 17.7 Å². The van der Waals surface area contributed by atoms with Crippen LogP contribution in [0.15, 0.2) is 18.2 Å². The summed E-state index contributed by atoms with van der Waals surface area (Å²) < 4.78 is 5.58. The summed E-state index contributed by atoms with van der Waals surface area (Å²) in [6, 6.07) is 5.10. The van der Waals surface area contributed by atoms with Crippen LogP contribution in [-0.4, -0.2) is 17.7 Å². The molecule has 94 valence electrons. The molecule has 0 heterocycles. The van der Waals surface area contributed by atoms with Crippen molar-refractivity contribution in [3.05, 3.63) is 29.3 Å². The molecular weight excluding hydrogens is 216 g/mol. The summed E-state index contributed by atoms with van der Waals surface area (Å²) in [6.45, 7) is 4.66. The van der Waals surface area contributed by atoms with E-state index in [0.29, 0.717) is 12.2 Å². The molecule has 1 rings (SSSR count). The maximum atomic E-state index is 10.8. The van der Waals surface area contributed by atoms with Gasteiger partial charge in [-0.3, -0.25) is 0 Å². The number of carboxylic acids is 1. The SMILES string of the molecule is CCCCCCOc1ccc(C(=O)O)c(C)c1. The first-order valence-electron chi connectivity index (χ1n) is 6.12. The fourth-order valence-electron chi connectivity index (χ4n) is 1.68. The Bertz CT molecular complexity index is 372. The van der Waals surface area contributed by atoms with Crippen LogP contribution in [0.4, 0.5) is 0 Å². The van der Waals surface area contributed by atoms with E-state index in [2.05, 4.69) is 6.92 Å². The topological polar surface area (TPSA) is 46.5 Å². The molecule has 0 saturated carbocycles. The van der Waals surface area contributed by atoms with Gasteiger partial charge in [-0.25, -0.2) is 4.79 Å². The normalized spacial score (nSPS) is 10.2. The Labute approximate surface area is 102 Å². The van der Waals surface area contributed by atoms with E-state index >= 15 is 0 Å². The molecule has 3 nitrogen and oxygen atoms in total. The highest BCUT2D eigenvalue weighted by molar-refractivity contribution is 5.89. The molecule has 0 saturated heterocycles. The minimum atomic E-state index is -0.892. The second kappa shape index (κ2) is 6.94. The molecule has 3 heteroatoms. The molecule has 0 aliphatic heterocycles. The minimum Gasteiger partial charge on any atom is -0.494 e. The number of aryl methyl sites for hydroxylation is 1. The van der Waals surface area contributed by atoms with Gasteiger partial charge in [0.05, 0.1) is 12.2 Å². The number of ether oxygens (including phenoxy) is 1. The molecule has 17 heavy (non-hydrogen) atoms. The smallest absolute Gasteiger partial charge is 0.335 e. The van der Waals surface area contributed by atoms with Gasteiger partial charge in [-0.15, -0.1) is 0 Å². The highest BCUT2D eigenvalue weighted by atomic mass is 16.5. The van der Waals surface area contributed by atoms with Crippen molar-refractivity contribution in [3.63, 3.8) is 0 Å². The summed E-state index contributed by atoms with van der Waals surface area (Å²) in [6.07, 6.45) is 4.68. The molecule has 1 N–H and O–H groups in total. The third kappa shape index (κ3) is 4.47. The van der Waals surface area contributed by atoms with Crippen LogP contribution in [0, 0.1) is 6.92 Å². The molecule has 0 aliphatic rings. The molecule has 0 aliphatic carbocycles. The van der Waals surface area contributed by atoms with Gasteiger partial charge in [0.25, 0.3) is 0 Å². The molecule has 0 fully saturated rings. The van der Waals surface area contributed by atoms with E-state index in [-0.39, 0.29) is 0 Å². The van der Waals surface area contributed by atoms with Crippen molar-refractivity contribution >= 4 is 5.97 Å². The summed E-state index contributed by atoms with van der Waals surface area (Å²) in [5.41, 5.74) is 1.08. The van der Waals surface area contributed by atoms with Gasteiger partial charge in [0, 0.05) is 0 Å². The Morgan fingerprint density at radius 3 is 2.65 bits per heavy atom. The van der Waals surface area contributed by atoms with Crippen LogP contribution >= 0.6 is 0 Å². The molecule has 0 bridgehead atoms. The second-order valence-electron chi connectivity index (χ2n) is 4.19. The van der Waals surface area contributed by atoms with E-state index < -0.39 is 5.97 Å². The highest BCUT2D eigenvalue weighted by Crippen LogP contribution is 2.17. The average molecular weight is 236 g/mol. The minimum absolute atomic E-state index is 0.336. The number of carbonyl (C=O) groups is 1. The second-order valence-corrected chi connectivity index (χ2v) is 4.19. The summed E-state index contributed by atoms with van der Waals surface area (Å²) >= 11 is 0. The lowest BCUT2D eigenvalue weighted by Gasteiger charge is -2.08. The number of unbranched alkanes of at least 4 members (excludes halogenated alkanes) is 3. The van der Waals surface area contributed by atoms with Crippen molar-refractivity contribution in [1.82, 2.24) is 0 Å². The quantitative estimate of drug-likeness (QED) is 0.735. The number of benzene rings is 1. The summed E-state index contributed by atoms with van der Waals surface area (Å²) in [4.78, 5) is 10.8. The zero-order valence-corrected chi connectivity index (χ0v) is 10.5. The first-order valence-corrected chi connectivity index (χ1v) is 6.12. The van der Waals surface area contributed by atoms with Gasteiger partial charge in [-0.1, -0.05) is 26.2 Å². The van der Waals surface area contributed by atoms with Crippen LogP contribution in [0.1, 0.15) is 48.5 Å². The molecular formula is C14H20O3. The lowest BCUT2D eigenvalue weighted by Crippen LogP contribution is -2.01. The summed E-state index contributed by atoms with van der Waals surface area (Å²) in [5, 5.41) is 8.89. The van der Waals surface area contributed by atoms with E-state index in [9.17, 15) is 4.79 Å². The van der Waals surface area contributed by atoms with Crippen LogP contribution in [0.3, 0.4) is 0 Å². The van der Waals surface area contributed by atoms with E-state index in [1.165, 1.54) is 19.3 Å². The van der Waals surface area contributed by atoms with Crippen LogP contribution in [0.2, 0.25) is 0 Å². The predicted octanol–water partition coefficient (Wildman–Crippen LogP) is 3.65. The zero-order valence-electron chi connectivity index (χ0n) is 10.5. The Hall–Kier alpha value is -1.51. The molecule has 0 atom stereocenters. The van der Waals surface area contributed by atoms with Gasteiger partial charge in [0.15, 0.2) is 0 Å². The van der Waals surface area contributed by atoms with Gasteiger partial charge in [0.2, 0.25) is 0 Å². The van der Waals surface area contributed by atoms with Crippen molar-refractivity contribution < 1.29 is 14.6 Å². The van der Waals surface area contributed by atoms with Crippen molar-refractivity contribution in [2.24, 2.45) is 0 Å². The molecule has 0 amide bonds. The Morgan fingerprint density at radius 2 is 2.06 bits per heavy atom. The van der Waals surface area contributed by atoms with Crippen molar-refractivity contribution in [1.29, 1.82) is 0 Å². The van der Waals surface area contributed by atoms with E-state index in [4.69, 9.17) is 9.84 Å². The maximum absolute atomic E-state index is 10.8. The first kappa shape index (κ1) is 13.6. The maximum Gasteiger partial charge on any atom is 0.335 e. The third-order valence-electron chi connectivity index (χ3n) is 2.69. The highest BCUT2D eigenvalue weighted by Gasteiger charge is 2.07. The lowest BCUT2D eigenvalue weighted by molar-refractivity contribution is 0.0696. The van der Waals surface area contributed by atoms with Crippen molar-refractivity contribution in [2.45, 2.75) is 39.5 Å². The first-order chi connectivity index (χ1) is 8.15. The van der Waals surface area contributed by atoms with Crippen molar-refractivity contribution in [2.75, 3.05) is 6.61 Å². The van der Waals surface area contributed by atoms with Crippen LogP contribution < -0.4 is 4.74 Å². The van der Waals surface area contributed by atoms with E-state index in [1.54, 1.807) is 25.1 Å². The van der Waals surface area contributed by atoms with Gasteiger partial charge < -0.3 is 9.84 Å². The molecule has 0 spiro atoms. The fourth-order valence-corrected chi connectivity index (χ4v) is 1.68. The number of aromatic carboxylic acids is 1.